The van der Waals surface area contributed by atoms with Crippen molar-refractivity contribution >= 4 is 11.5 Å². The Kier molecular flexibility index (Phi) is 3.90. The van der Waals surface area contributed by atoms with Crippen LogP contribution in [-0.2, 0) is 0 Å². The fourth-order valence-corrected chi connectivity index (χ4v) is 3.31. The number of para-hydroxylation sites is 1. The van der Waals surface area contributed by atoms with Gasteiger partial charge >= 0.3 is 0 Å². The molecule has 4 rings (SSSR count). The van der Waals surface area contributed by atoms with Gasteiger partial charge in [0.2, 0.25) is 0 Å². The summed E-state index contributed by atoms with van der Waals surface area (Å²) in [5, 5.41) is 3.17. The van der Waals surface area contributed by atoms with Crippen molar-refractivity contribution in [1.82, 2.24) is 0 Å². The molecule has 1 N–H and O–H groups in total. The highest BCUT2D eigenvalue weighted by Gasteiger charge is 2.37. The maximum Gasteiger partial charge on any atom is 0.194 e. The van der Waals surface area contributed by atoms with Crippen molar-refractivity contribution in [3.63, 3.8) is 0 Å². The standard InChI is InChI=1S/C22H16FNO/c23-19-13-7-12-17-20(15-8-3-1-4-9-15)18(22(25)21(17)19)14-24-16-10-5-2-6-11-16/h1-14,20,24H/b18-14-/t20-/m0/s1. The molecule has 0 unspecified atom stereocenters. The lowest BCUT2D eigenvalue weighted by molar-refractivity contribution is 0.103. The Morgan fingerprint density at radius 3 is 2.24 bits per heavy atom. The molecule has 3 aromatic carbocycles. The predicted octanol–water partition coefficient (Wildman–Crippen LogP) is 5.15. The van der Waals surface area contributed by atoms with Gasteiger partial charge < -0.3 is 5.32 Å². The number of anilines is 1. The van der Waals surface area contributed by atoms with E-state index in [1.807, 2.05) is 66.7 Å². The van der Waals surface area contributed by atoms with E-state index in [1.165, 1.54) is 6.07 Å². The van der Waals surface area contributed by atoms with Gasteiger partial charge in [0, 0.05) is 23.4 Å². The lowest BCUT2D eigenvalue weighted by atomic mass is 9.90. The van der Waals surface area contributed by atoms with E-state index in [-0.39, 0.29) is 17.3 Å². The molecule has 3 heteroatoms. The van der Waals surface area contributed by atoms with Gasteiger partial charge in [-0.05, 0) is 29.3 Å². The second-order valence-electron chi connectivity index (χ2n) is 5.99. The molecular formula is C22H16FNO. The summed E-state index contributed by atoms with van der Waals surface area (Å²) in [5.74, 6) is -0.993. The maximum atomic E-state index is 14.3. The van der Waals surface area contributed by atoms with E-state index in [0.717, 1.165) is 16.8 Å². The zero-order valence-corrected chi connectivity index (χ0v) is 13.4. The highest BCUT2D eigenvalue weighted by molar-refractivity contribution is 6.15. The minimum absolute atomic E-state index is 0.178. The number of carbonyl (C=O) groups is 1. The smallest absolute Gasteiger partial charge is 0.194 e. The van der Waals surface area contributed by atoms with Crippen LogP contribution in [0.3, 0.4) is 0 Å². The van der Waals surface area contributed by atoms with E-state index < -0.39 is 5.82 Å². The van der Waals surface area contributed by atoms with Crippen LogP contribution in [0.5, 0.6) is 0 Å². The largest absolute Gasteiger partial charge is 0.361 e. The summed E-state index contributed by atoms with van der Waals surface area (Å²) >= 11 is 0. The molecular weight excluding hydrogens is 313 g/mol. The van der Waals surface area contributed by atoms with Crippen molar-refractivity contribution in [2.45, 2.75) is 5.92 Å². The average molecular weight is 329 g/mol. The van der Waals surface area contributed by atoms with Crippen LogP contribution in [0.25, 0.3) is 0 Å². The number of hydrogen-bond donors (Lipinski definition) is 1. The quantitative estimate of drug-likeness (QED) is 0.673. The number of carbonyl (C=O) groups excluding carboxylic acids is 1. The first-order chi connectivity index (χ1) is 12.3. The van der Waals surface area contributed by atoms with Crippen LogP contribution in [0, 0.1) is 5.82 Å². The van der Waals surface area contributed by atoms with Gasteiger partial charge in [0.1, 0.15) is 5.82 Å². The van der Waals surface area contributed by atoms with Crippen LogP contribution in [0.4, 0.5) is 10.1 Å². The summed E-state index contributed by atoms with van der Waals surface area (Å²) in [6.07, 6.45) is 1.70. The molecule has 0 radical (unpaired) electrons. The number of allylic oxidation sites excluding steroid dienone is 1. The Morgan fingerprint density at radius 2 is 1.52 bits per heavy atom. The molecule has 1 aliphatic carbocycles. The number of Topliss-reactive ketones (excluding diaryl/α,β-unsaturated/α-hetero) is 1. The molecule has 0 saturated heterocycles. The van der Waals surface area contributed by atoms with Gasteiger partial charge in [-0.25, -0.2) is 4.39 Å². The minimum atomic E-state index is -0.466. The van der Waals surface area contributed by atoms with Crippen molar-refractivity contribution in [3.05, 3.63) is 113 Å². The first kappa shape index (κ1) is 15.3. The van der Waals surface area contributed by atoms with E-state index in [1.54, 1.807) is 12.3 Å². The van der Waals surface area contributed by atoms with E-state index in [9.17, 15) is 9.18 Å². The minimum Gasteiger partial charge on any atom is -0.361 e. The van der Waals surface area contributed by atoms with Crippen LogP contribution in [-0.4, -0.2) is 5.78 Å². The van der Waals surface area contributed by atoms with Crippen LogP contribution >= 0.6 is 0 Å². The van der Waals surface area contributed by atoms with E-state index >= 15 is 0 Å². The second kappa shape index (κ2) is 6.36. The molecule has 25 heavy (non-hydrogen) atoms. The molecule has 2 nitrogen and oxygen atoms in total. The van der Waals surface area contributed by atoms with Gasteiger partial charge in [0.15, 0.2) is 5.78 Å². The third-order valence-corrected chi connectivity index (χ3v) is 4.46. The zero-order chi connectivity index (χ0) is 17.2. The number of nitrogens with one attached hydrogen (secondary N) is 1. The van der Waals surface area contributed by atoms with Crippen LogP contribution < -0.4 is 5.32 Å². The molecule has 0 heterocycles. The second-order valence-corrected chi connectivity index (χ2v) is 5.99. The molecule has 1 atom stereocenters. The summed E-state index contributed by atoms with van der Waals surface area (Å²) < 4.78 is 14.3. The van der Waals surface area contributed by atoms with Crippen molar-refractivity contribution in [2.24, 2.45) is 0 Å². The molecule has 0 fully saturated rings. The zero-order valence-electron chi connectivity index (χ0n) is 13.4. The van der Waals surface area contributed by atoms with Crippen molar-refractivity contribution in [2.75, 3.05) is 5.32 Å². The van der Waals surface area contributed by atoms with Crippen molar-refractivity contribution < 1.29 is 9.18 Å². The van der Waals surface area contributed by atoms with Gasteiger partial charge in [-0.15, -0.1) is 0 Å². The third kappa shape index (κ3) is 2.74. The first-order valence-corrected chi connectivity index (χ1v) is 8.15. The lowest BCUT2D eigenvalue weighted by Gasteiger charge is -2.14. The van der Waals surface area contributed by atoms with Crippen LogP contribution in [0.1, 0.15) is 27.4 Å². The fraction of sp³-hybridized carbons (Fsp3) is 0.0455. The lowest BCUT2D eigenvalue weighted by Crippen LogP contribution is -2.05. The third-order valence-electron chi connectivity index (χ3n) is 4.46. The summed E-state index contributed by atoms with van der Waals surface area (Å²) in [4.78, 5) is 12.9. The van der Waals surface area contributed by atoms with Crippen LogP contribution in [0.2, 0.25) is 0 Å². The topological polar surface area (TPSA) is 29.1 Å². The molecule has 122 valence electrons. The van der Waals surface area contributed by atoms with Gasteiger partial charge in [0.05, 0.1) is 5.56 Å². The molecule has 0 aliphatic heterocycles. The van der Waals surface area contributed by atoms with Crippen molar-refractivity contribution in [3.8, 4) is 0 Å². The van der Waals surface area contributed by atoms with E-state index in [4.69, 9.17) is 0 Å². The maximum absolute atomic E-state index is 14.3. The molecule has 3 aromatic rings. The summed E-state index contributed by atoms with van der Waals surface area (Å²) in [6.45, 7) is 0. The Labute approximate surface area is 145 Å². The van der Waals surface area contributed by atoms with Crippen LogP contribution in [0.15, 0.2) is 90.6 Å². The number of benzene rings is 3. The summed E-state index contributed by atoms with van der Waals surface area (Å²) in [5.41, 5.74) is 3.30. The molecule has 0 saturated carbocycles. The van der Waals surface area contributed by atoms with E-state index in [2.05, 4.69) is 5.32 Å². The Balaban J connectivity index is 1.82. The molecule has 0 amide bonds. The summed E-state index contributed by atoms with van der Waals surface area (Å²) in [7, 11) is 0. The highest BCUT2D eigenvalue weighted by Crippen LogP contribution is 2.42. The van der Waals surface area contributed by atoms with Gasteiger partial charge in [-0.1, -0.05) is 60.7 Å². The number of halogens is 1. The van der Waals surface area contributed by atoms with Gasteiger partial charge in [0.25, 0.3) is 0 Å². The van der Waals surface area contributed by atoms with Crippen molar-refractivity contribution in [1.29, 1.82) is 0 Å². The monoisotopic (exact) mass is 329 g/mol. The fourth-order valence-electron chi connectivity index (χ4n) is 3.31. The Morgan fingerprint density at radius 1 is 0.840 bits per heavy atom. The first-order valence-electron chi connectivity index (χ1n) is 8.15. The number of ketones is 1. The Hall–Kier alpha value is -3.20. The summed E-state index contributed by atoms with van der Waals surface area (Å²) in [6, 6.07) is 24.1. The number of fused-ring (bicyclic) bond motifs is 1. The number of hydrogen-bond acceptors (Lipinski definition) is 2. The predicted molar refractivity (Wildman–Crippen MR) is 97.2 cm³/mol. The average Bonchev–Trinajstić information content (AvgIpc) is 2.95. The molecule has 1 aliphatic rings. The number of rotatable bonds is 3. The SMILES string of the molecule is O=C1/C(=C\Nc2ccccc2)[C@@H](c2ccccc2)c2cccc(F)c21. The molecule has 0 spiro atoms. The normalized spacial score (nSPS) is 17.6. The molecule has 0 aromatic heterocycles. The van der Waals surface area contributed by atoms with Gasteiger partial charge in [-0.3, -0.25) is 4.79 Å². The molecule has 0 bridgehead atoms. The highest BCUT2D eigenvalue weighted by atomic mass is 19.1. The van der Waals surface area contributed by atoms with E-state index in [0.29, 0.717) is 5.57 Å². The Bertz CT molecular complexity index is 948. The van der Waals surface area contributed by atoms with Gasteiger partial charge in [-0.2, -0.15) is 0 Å².